The normalized spacial score (nSPS) is 12.0. The molecule has 0 aromatic heterocycles. The molecule has 9 heteroatoms. The quantitative estimate of drug-likeness (QED) is 0.254. The molecule has 0 radical (unpaired) electrons. The van der Waals surface area contributed by atoms with Crippen LogP contribution in [0, 0.1) is 12.3 Å². The summed E-state index contributed by atoms with van der Waals surface area (Å²) in [4.78, 5) is 23.6. The Hall–Kier alpha value is -3.46. The van der Waals surface area contributed by atoms with Crippen molar-refractivity contribution in [2.75, 3.05) is 11.3 Å². The Balaban J connectivity index is 2.20. The lowest BCUT2D eigenvalue weighted by molar-refractivity contribution is -0.113. The van der Waals surface area contributed by atoms with Crippen LogP contribution in [0.5, 0.6) is 0 Å². The Morgan fingerprint density at radius 1 is 1.10 bits per heavy atom. The monoisotopic (exact) mass is 430 g/mol. The van der Waals surface area contributed by atoms with Gasteiger partial charge in [-0.2, -0.15) is 0 Å². The predicted molar refractivity (Wildman–Crippen MR) is 112 cm³/mol. The molecule has 2 aromatic carbocycles. The fraction of sp³-hybridized carbons (Fsp3) is 0.190. The summed E-state index contributed by atoms with van der Waals surface area (Å²) in [5.41, 5.74) is 0.820. The van der Waals surface area contributed by atoms with Crippen LogP contribution in [-0.4, -0.2) is 37.6 Å². The third kappa shape index (κ3) is 5.77. The van der Waals surface area contributed by atoms with Crippen LogP contribution in [0.15, 0.2) is 64.8 Å². The maximum Gasteiger partial charge on any atom is 0.338 e. The third-order valence-electron chi connectivity index (χ3n) is 4.01. The van der Waals surface area contributed by atoms with E-state index in [2.05, 4.69) is 4.72 Å². The van der Waals surface area contributed by atoms with Crippen LogP contribution in [0.4, 0.5) is 5.69 Å². The number of ketones is 1. The summed E-state index contributed by atoms with van der Waals surface area (Å²) < 4.78 is 32.6. The number of anilines is 1. The SMILES string of the molecule is CC(=N)/C(C(C)=O)=C(/O)COC(=O)c1cccc(S(=O)(=O)Nc2cccc(C)c2)c1. The average molecular weight is 430 g/mol. The van der Waals surface area contributed by atoms with Crippen LogP contribution in [0.1, 0.15) is 29.8 Å². The summed E-state index contributed by atoms with van der Waals surface area (Å²) >= 11 is 0. The summed E-state index contributed by atoms with van der Waals surface area (Å²) in [5.74, 6) is -1.97. The molecule has 2 rings (SSSR count). The number of hydrogen-bond donors (Lipinski definition) is 3. The van der Waals surface area contributed by atoms with Gasteiger partial charge in [-0.15, -0.1) is 0 Å². The molecule has 0 heterocycles. The van der Waals surface area contributed by atoms with E-state index in [0.717, 1.165) is 11.6 Å². The number of aliphatic hydroxyl groups excluding tert-OH is 1. The van der Waals surface area contributed by atoms with Crippen LogP contribution in [-0.2, 0) is 19.6 Å². The first-order chi connectivity index (χ1) is 14.0. The number of Topliss-reactive ketones (excluding diaryl/α,β-unsaturated/α-hetero) is 1. The fourth-order valence-electron chi connectivity index (χ4n) is 2.69. The van der Waals surface area contributed by atoms with Crippen molar-refractivity contribution in [3.8, 4) is 0 Å². The molecule has 0 fully saturated rings. The predicted octanol–water partition coefficient (Wildman–Crippen LogP) is 3.39. The van der Waals surface area contributed by atoms with Crippen molar-refractivity contribution >= 4 is 33.2 Å². The molecule has 0 saturated carbocycles. The zero-order valence-corrected chi connectivity index (χ0v) is 17.5. The minimum Gasteiger partial charge on any atom is -0.508 e. The Morgan fingerprint density at radius 3 is 2.37 bits per heavy atom. The van der Waals surface area contributed by atoms with E-state index < -0.39 is 34.1 Å². The lowest BCUT2D eigenvalue weighted by Crippen LogP contribution is -2.16. The Kier molecular flexibility index (Phi) is 7.12. The van der Waals surface area contributed by atoms with E-state index in [9.17, 15) is 23.1 Å². The number of rotatable bonds is 8. The van der Waals surface area contributed by atoms with Crippen molar-refractivity contribution in [3.63, 3.8) is 0 Å². The first-order valence-corrected chi connectivity index (χ1v) is 10.3. The van der Waals surface area contributed by atoms with Crippen molar-refractivity contribution in [1.82, 2.24) is 0 Å². The number of nitrogens with one attached hydrogen (secondary N) is 2. The van der Waals surface area contributed by atoms with Gasteiger partial charge in [-0.1, -0.05) is 18.2 Å². The van der Waals surface area contributed by atoms with Gasteiger partial charge in [-0.05, 0) is 56.7 Å². The van der Waals surface area contributed by atoms with E-state index in [1.165, 1.54) is 32.0 Å². The van der Waals surface area contributed by atoms with Gasteiger partial charge >= 0.3 is 5.97 Å². The molecule has 2 aromatic rings. The molecular weight excluding hydrogens is 408 g/mol. The van der Waals surface area contributed by atoms with E-state index in [0.29, 0.717) is 5.69 Å². The Morgan fingerprint density at radius 2 is 1.77 bits per heavy atom. The average Bonchev–Trinajstić information content (AvgIpc) is 2.65. The number of esters is 1. The molecule has 0 bridgehead atoms. The highest BCUT2D eigenvalue weighted by atomic mass is 32.2. The van der Waals surface area contributed by atoms with E-state index in [4.69, 9.17) is 10.1 Å². The molecular formula is C21H22N2O6S. The van der Waals surface area contributed by atoms with Crippen molar-refractivity contribution in [2.24, 2.45) is 0 Å². The summed E-state index contributed by atoms with van der Waals surface area (Å²) in [5, 5.41) is 17.5. The lowest BCUT2D eigenvalue weighted by Gasteiger charge is -2.11. The van der Waals surface area contributed by atoms with Crippen molar-refractivity contribution < 1.29 is 27.9 Å². The highest BCUT2D eigenvalue weighted by Crippen LogP contribution is 2.19. The van der Waals surface area contributed by atoms with Crippen molar-refractivity contribution in [2.45, 2.75) is 25.7 Å². The number of aryl methyl sites for hydroxylation is 1. The van der Waals surface area contributed by atoms with Gasteiger partial charge in [0.15, 0.2) is 5.78 Å². The van der Waals surface area contributed by atoms with Crippen LogP contribution in [0.3, 0.4) is 0 Å². The van der Waals surface area contributed by atoms with E-state index in [-0.39, 0.29) is 21.7 Å². The highest BCUT2D eigenvalue weighted by molar-refractivity contribution is 7.92. The number of hydrogen-bond acceptors (Lipinski definition) is 7. The van der Waals surface area contributed by atoms with Gasteiger partial charge in [0.2, 0.25) is 0 Å². The summed E-state index contributed by atoms with van der Waals surface area (Å²) in [6.45, 7) is 3.71. The van der Waals surface area contributed by atoms with Crippen LogP contribution < -0.4 is 4.72 Å². The standard InChI is InChI=1S/C21H22N2O6S/c1-13-6-4-8-17(10-13)23-30(27,28)18-9-5-7-16(11-18)21(26)29-12-19(25)20(14(2)22)15(3)24/h4-11,22-23,25H,12H2,1-3H3/b20-19-,22-14?. The van der Waals surface area contributed by atoms with Gasteiger partial charge in [0.1, 0.15) is 12.4 Å². The zero-order chi connectivity index (χ0) is 22.5. The number of allylic oxidation sites excluding steroid dienone is 1. The number of sulfonamides is 1. The lowest BCUT2D eigenvalue weighted by atomic mass is 10.1. The number of carbonyl (C=O) groups is 2. The molecule has 8 nitrogen and oxygen atoms in total. The largest absolute Gasteiger partial charge is 0.508 e. The molecule has 158 valence electrons. The maximum absolute atomic E-state index is 12.6. The maximum atomic E-state index is 12.6. The van der Waals surface area contributed by atoms with Gasteiger partial charge in [-0.3, -0.25) is 9.52 Å². The molecule has 0 amide bonds. The van der Waals surface area contributed by atoms with E-state index in [1.807, 2.05) is 13.0 Å². The molecule has 0 aliphatic carbocycles. The van der Waals surface area contributed by atoms with Gasteiger partial charge in [0.05, 0.1) is 16.0 Å². The fourth-order valence-corrected chi connectivity index (χ4v) is 3.78. The molecule has 30 heavy (non-hydrogen) atoms. The second-order valence-electron chi connectivity index (χ2n) is 6.58. The van der Waals surface area contributed by atoms with Crippen molar-refractivity contribution in [1.29, 1.82) is 5.41 Å². The van der Waals surface area contributed by atoms with E-state index in [1.54, 1.807) is 18.2 Å². The number of benzene rings is 2. The second kappa shape index (κ2) is 9.36. The molecule has 0 aliphatic rings. The van der Waals surface area contributed by atoms with E-state index >= 15 is 0 Å². The van der Waals surface area contributed by atoms with Gasteiger partial charge in [0, 0.05) is 11.4 Å². The Labute approximate surface area is 174 Å². The number of aliphatic hydroxyl groups is 1. The highest BCUT2D eigenvalue weighted by Gasteiger charge is 2.19. The topological polar surface area (TPSA) is 134 Å². The van der Waals surface area contributed by atoms with Crippen LogP contribution >= 0.6 is 0 Å². The second-order valence-corrected chi connectivity index (χ2v) is 8.26. The molecule has 0 aliphatic heterocycles. The van der Waals surface area contributed by atoms with Crippen LogP contribution in [0.25, 0.3) is 0 Å². The van der Waals surface area contributed by atoms with Gasteiger partial charge < -0.3 is 15.3 Å². The smallest absolute Gasteiger partial charge is 0.338 e. The minimum absolute atomic E-state index is 0.0501. The summed E-state index contributed by atoms with van der Waals surface area (Å²) in [7, 11) is -3.94. The minimum atomic E-state index is -3.94. The number of ether oxygens (including phenoxy) is 1. The zero-order valence-electron chi connectivity index (χ0n) is 16.7. The first-order valence-electron chi connectivity index (χ1n) is 8.86. The third-order valence-corrected chi connectivity index (χ3v) is 5.38. The first kappa shape index (κ1) is 22.8. The van der Waals surface area contributed by atoms with Crippen LogP contribution in [0.2, 0.25) is 0 Å². The van der Waals surface area contributed by atoms with Gasteiger partial charge in [0.25, 0.3) is 10.0 Å². The number of carbonyl (C=O) groups excluding carboxylic acids is 2. The molecule has 3 N–H and O–H groups in total. The molecule has 0 saturated heterocycles. The summed E-state index contributed by atoms with van der Waals surface area (Å²) in [6.07, 6.45) is 0. The molecule has 0 atom stereocenters. The molecule has 0 spiro atoms. The summed E-state index contributed by atoms with van der Waals surface area (Å²) in [6, 6.07) is 12.1. The van der Waals surface area contributed by atoms with Gasteiger partial charge in [-0.25, -0.2) is 13.2 Å². The molecule has 0 unspecified atom stereocenters. The van der Waals surface area contributed by atoms with Crippen molar-refractivity contribution in [3.05, 3.63) is 71.0 Å². The Bertz CT molecular complexity index is 1120.